The lowest BCUT2D eigenvalue weighted by Crippen LogP contribution is -2.40. The van der Waals surface area contributed by atoms with Crippen LogP contribution in [-0.2, 0) is 4.79 Å². The number of aliphatic hydroxyl groups excluding tert-OH is 1. The quantitative estimate of drug-likeness (QED) is 0.405. The molecule has 1 aromatic carbocycles. The number of halogens is 2. The minimum absolute atomic E-state index is 0.0759. The number of nitrogens with one attached hydrogen (secondary N) is 3. The largest absolute Gasteiger partial charge is 0.392 e. The van der Waals surface area contributed by atoms with Crippen molar-refractivity contribution in [3.8, 4) is 0 Å². The van der Waals surface area contributed by atoms with Crippen LogP contribution in [0, 0.1) is 11.7 Å². The number of benzene rings is 1. The molecular formula is C23H26ClFN6O3. The number of amides is 2. The van der Waals surface area contributed by atoms with E-state index in [-0.39, 0.29) is 28.8 Å². The second-order valence-corrected chi connectivity index (χ2v) is 8.90. The Kier molecular flexibility index (Phi) is 7.28. The van der Waals surface area contributed by atoms with Gasteiger partial charge in [-0.3, -0.25) is 9.59 Å². The first kappa shape index (κ1) is 23.9. The first-order valence-corrected chi connectivity index (χ1v) is 11.5. The minimum Gasteiger partial charge on any atom is -0.392 e. The summed E-state index contributed by atoms with van der Waals surface area (Å²) in [4.78, 5) is 29.7. The number of nitrogens with zero attached hydrogens (tertiary/aromatic N) is 3. The summed E-state index contributed by atoms with van der Waals surface area (Å²) in [6.45, 7) is 2.00. The molecule has 1 aliphatic carbocycles. The number of rotatable bonds is 7. The van der Waals surface area contributed by atoms with Crippen LogP contribution in [0.25, 0.3) is 5.65 Å². The highest BCUT2D eigenvalue weighted by Crippen LogP contribution is 2.28. The molecule has 2 aromatic heterocycles. The van der Waals surface area contributed by atoms with Gasteiger partial charge in [0.1, 0.15) is 11.6 Å². The van der Waals surface area contributed by atoms with Gasteiger partial charge in [0.2, 0.25) is 5.91 Å². The third kappa shape index (κ3) is 5.63. The molecule has 2 heterocycles. The number of imidazole rings is 1. The van der Waals surface area contributed by atoms with Crippen LogP contribution in [0.5, 0.6) is 0 Å². The molecule has 4 N–H and O–H groups in total. The third-order valence-corrected chi connectivity index (χ3v) is 6.11. The zero-order valence-corrected chi connectivity index (χ0v) is 19.3. The number of anilines is 2. The van der Waals surface area contributed by atoms with Gasteiger partial charge in [-0.15, -0.1) is 5.10 Å². The third-order valence-electron chi connectivity index (χ3n) is 5.80. The number of aliphatic hydroxyl groups is 1. The average molecular weight is 489 g/mol. The summed E-state index contributed by atoms with van der Waals surface area (Å²) in [5, 5.41) is 22.8. The van der Waals surface area contributed by atoms with Crippen molar-refractivity contribution in [2.45, 2.75) is 44.8 Å². The maximum Gasteiger partial charge on any atom is 0.271 e. The van der Waals surface area contributed by atoms with Crippen molar-refractivity contribution in [3.63, 3.8) is 0 Å². The summed E-state index contributed by atoms with van der Waals surface area (Å²) in [7, 11) is 0. The van der Waals surface area contributed by atoms with Crippen LogP contribution in [0.2, 0.25) is 5.02 Å². The van der Waals surface area contributed by atoms with E-state index >= 15 is 0 Å². The van der Waals surface area contributed by atoms with E-state index < -0.39 is 11.9 Å². The van der Waals surface area contributed by atoms with Crippen LogP contribution in [0.3, 0.4) is 0 Å². The van der Waals surface area contributed by atoms with Gasteiger partial charge >= 0.3 is 0 Å². The Hall–Kier alpha value is -3.24. The highest BCUT2D eigenvalue weighted by Gasteiger charge is 2.28. The van der Waals surface area contributed by atoms with Crippen LogP contribution < -0.4 is 16.0 Å². The Balaban J connectivity index is 1.33. The summed E-state index contributed by atoms with van der Waals surface area (Å²) in [6.07, 6.45) is 3.44. The molecule has 180 valence electrons. The smallest absolute Gasteiger partial charge is 0.271 e. The summed E-state index contributed by atoms with van der Waals surface area (Å²) in [5.41, 5.74) is 1.22. The van der Waals surface area contributed by atoms with E-state index in [0.29, 0.717) is 55.1 Å². The predicted octanol–water partition coefficient (Wildman–Crippen LogP) is 3.24. The fourth-order valence-electron chi connectivity index (χ4n) is 3.96. The standard InChI is InChI=1S/C23H26ClFN6O3/c1-13(32)11-26-20-8-9-21-27-12-19(31(21)30-20)23(34)28-16-5-2-14(3-6-16)22(33)29-18-7-4-15(25)10-17(18)24/h4,7-10,12-14,16,32H,2-3,5-6,11H2,1H3,(H,26,30)(H,28,34)(H,29,33)/t13?,14-,16-. The van der Waals surface area contributed by atoms with Crippen molar-refractivity contribution in [1.82, 2.24) is 19.9 Å². The highest BCUT2D eigenvalue weighted by molar-refractivity contribution is 6.33. The molecule has 1 atom stereocenters. The normalized spacial score (nSPS) is 18.9. The molecule has 0 spiro atoms. The Morgan fingerprint density at radius 3 is 2.71 bits per heavy atom. The van der Waals surface area contributed by atoms with Gasteiger partial charge in [-0.25, -0.2) is 13.9 Å². The number of aromatic nitrogens is 3. The van der Waals surface area contributed by atoms with E-state index in [2.05, 4.69) is 26.0 Å². The Morgan fingerprint density at radius 2 is 2.00 bits per heavy atom. The molecule has 34 heavy (non-hydrogen) atoms. The first-order chi connectivity index (χ1) is 16.3. The van der Waals surface area contributed by atoms with Crippen molar-refractivity contribution in [1.29, 1.82) is 0 Å². The van der Waals surface area contributed by atoms with Gasteiger partial charge in [-0.05, 0) is 62.9 Å². The molecule has 1 saturated carbocycles. The van der Waals surface area contributed by atoms with Crippen molar-refractivity contribution < 1.29 is 19.1 Å². The summed E-state index contributed by atoms with van der Waals surface area (Å²) in [6, 6.07) is 7.24. The topological polar surface area (TPSA) is 121 Å². The van der Waals surface area contributed by atoms with E-state index in [4.69, 9.17) is 11.6 Å². The molecule has 1 fully saturated rings. The molecule has 1 unspecified atom stereocenters. The SMILES string of the molecule is CC(O)CNc1ccc2ncc(C(=O)N[C@H]3CC[C@H](C(=O)Nc4ccc(F)cc4Cl)CC3)n2n1. The fourth-order valence-corrected chi connectivity index (χ4v) is 4.17. The maximum atomic E-state index is 13.2. The lowest BCUT2D eigenvalue weighted by atomic mass is 9.85. The molecule has 2 amide bonds. The number of fused-ring (bicyclic) bond motifs is 1. The van der Waals surface area contributed by atoms with E-state index in [1.807, 2.05) is 0 Å². The van der Waals surface area contributed by atoms with Gasteiger partial charge in [0, 0.05) is 18.5 Å². The second-order valence-electron chi connectivity index (χ2n) is 8.50. The van der Waals surface area contributed by atoms with Gasteiger partial charge < -0.3 is 21.1 Å². The molecule has 0 radical (unpaired) electrons. The molecule has 0 bridgehead atoms. The number of hydrogen-bond donors (Lipinski definition) is 4. The number of carbonyl (C=O) groups excluding carboxylic acids is 2. The highest BCUT2D eigenvalue weighted by atomic mass is 35.5. The average Bonchev–Trinajstić information content (AvgIpc) is 3.23. The van der Waals surface area contributed by atoms with E-state index in [0.717, 1.165) is 6.07 Å². The molecule has 1 aliphatic rings. The maximum absolute atomic E-state index is 13.2. The molecule has 11 heteroatoms. The lowest BCUT2D eigenvalue weighted by Gasteiger charge is -2.28. The molecule has 0 saturated heterocycles. The predicted molar refractivity (Wildman–Crippen MR) is 126 cm³/mol. The van der Waals surface area contributed by atoms with E-state index in [1.54, 1.807) is 19.1 Å². The molecule has 4 rings (SSSR count). The minimum atomic E-state index is -0.534. The van der Waals surface area contributed by atoms with Gasteiger partial charge in [0.05, 0.1) is 23.0 Å². The zero-order valence-electron chi connectivity index (χ0n) is 18.6. The fraction of sp³-hybridized carbons (Fsp3) is 0.391. The Bertz CT molecular complexity index is 1190. The number of carbonyl (C=O) groups is 2. The summed E-state index contributed by atoms with van der Waals surface area (Å²) < 4.78 is 14.7. The van der Waals surface area contributed by atoms with Crippen molar-refractivity contribution in [2.75, 3.05) is 17.2 Å². The molecule has 3 aromatic rings. The van der Waals surface area contributed by atoms with Crippen molar-refractivity contribution in [2.24, 2.45) is 5.92 Å². The Morgan fingerprint density at radius 1 is 1.24 bits per heavy atom. The molecule has 9 nitrogen and oxygen atoms in total. The Labute approximate surface area is 200 Å². The summed E-state index contributed by atoms with van der Waals surface area (Å²) in [5.74, 6) is -0.615. The van der Waals surface area contributed by atoms with Gasteiger partial charge in [-0.2, -0.15) is 0 Å². The van der Waals surface area contributed by atoms with E-state index in [1.165, 1.54) is 22.8 Å². The second kappa shape index (κ2) is 10.4. The molecular weight excluding hydrogens is 463 g/mol. The van der Waals surface area contributed by atoms with Gasteiger partial charge in [-0.1, -0.05) is 11.6 Å². The first-order valence-electron chi connectivity index (χ1n) is 11.1. The lowest BCUT2D eigenvalue weighted by molar-refractivity contribution is -0.120. The van der Waals surface area contributed by atoms with Gasteiger partial charge in [0.15, 0.2) is 11.3 Å². The van der Waals surface area contributed by atoms with Crippen LogP contribution in [-0.4, -0.2) is 50.2 Å². The number of hydrogen-bond acceptors (Lipinski definition) is 6. The van der Waals surface area contributed by atoms with E-state index in [9.17, 15) is 19.1 Å². The van der Waals surface area contributed by atoms with Gasteiger partial charge in [0.25, 0.3) is 5.91 Å². The van der Waals surface area contributed by atoms with Crippen LogP contribution in [0.4, 0.5) is 15.9 Å². The van der Waals surface area contributed by atoms with Crippen LogP contribution >= 0.6 is 11.6 Å². The summed E-state index contributed by atoms with van der Waals surface area (Å²) >= 11 is 5.99. The van der Waals surface area contributed by atoms with Crippen molar-refractivity contribution in [3.05, 3.63) is 53.1 Å². The van der Waals surface area contributed by atoms with Crippen molar-refractivity contribution >= 4 is 40.6 Å². The zero-order chi connectivity index (χ0) is 24.2. The van der Waals surface area contributed by atoms with Crippen LogP contribution in [0.15, 0.2) is 36.5 Å². The van der Waals surface area contributed by atoms with Crippen LogP contribution in [0.1, 0.15) is 43.1 Å². The molecule has 0 aliphatic heterocycles. The monoisotopic (exact) mass is 488 g/mol.